The summed E-state index contributed by atoms with van der Waals surface area (Å²) in [5.41, 5.74) is 4.08. The molecule has 2 rings (SSSR count). The molecule has 7 heteroatoms. The van der Waals surface area contributed by atoms with Crippen LogP contribution in [0.1, 0.15) is 23.7 Å². The fourth-order valence-electron chi connectivity index (χ4n) is 1.96. The van der Waals surface area contributed by atoms with E-state index in [0.29, 0.717) is 22.7 Å². The van der Waals surface area contributed by atoms with Crippen molar-refractivity contribution >= 4 is 39.1 Å². The number of hydrogen-bond acceptors (Lipinski definition) is 4. The molecule has 0 unspecified atom stereocenters. The summed E-state index contributed by atoms with van der Waals surface area (Å²) in [4.78, 5) is 24.0. The van der Waals surface area contributed by atoms with Crippen LogP contribution in [-0.2, 0) is 4.79 Å². The molecule has 0 heterocycles. The number of methoxy groups -OCH3 is 1. The first-order valence-corrected chi connectivity index (χ1v) is 8.30. The average molecular weight is 404 g/mol. The molecule has 130 valence electrons. The zero-order valence-corrected chi connectivity index (χ0v) is 15.5. The van der Waals surface area contributed by atoms with Gasteiger partial charge in [-0.25, -0.2) is 5.43 Å². The molecule has 2 N–H and O–H groups in total. The van der Waals surface area contributed by atoms with Crippen molar-refractivity contribution in [2.45, 2.75) is 13.3 Å². The van der Waals surface area contributed by atoms with Crippen LogP contribution in [0.15, 0.2) is 58.1 Å². The minimum atomic E-state index is -0.352. The minimum absolute atomic E-state index is 0.0823. The Hall–Kier alpha value is -2.67. The van der Waals surface area contributed by atoms with E-state index in [0.717, 1.165) is 4.47 Å². The number of carbonyl (C=O) groups excluding carboxylic acids is 2. The van der Waals surface area contributed by atoms with Crippen LogP contribution in [0.3, 0.4) is 0 Å². The lowest BCUT2D eigenvalue weighted by Crippen LogP contribution is -2.21. The maximum absolute atomic E-state index is 12.0. The molecule has 2 aromatic rings. The Kier molecular flexibility index (Phi) is 6.71. The highest BCUT2D eigenvalue weighted by atomic mass is 79.9. The SMILES string of the molecule is COc1ccc(C(=O)NN=C(C)CC(=O)Nc2ccc(Br)cc2)cc1. The van der Waals surface area contributed by atoms with E-state index < -0.39 is 0 Å². The van der Waals surface area contributed by atoms with E-state index >= 15 is 0 Å². The van der Waals surface area contributed by atoms with Crippen LogP contribution in [0.4, 0.5) is 5.69 Å². The maximum Gasteiger partial charge on any atom is 0.271 e. The van der Waals surface area contributed by atoms with Crippen molar-refractivity contribution in [1.29, 1.82) is 0 Å². The monoisotopic (exact) mass is 403 g/mol. The third kappa shape index (κ3) is 6.04. The zero-order valence-electron chi connectivity index (χ0n) is 13.9. The van der Waals surface area contributed by atoms with Crippen molar-refractivity contribution in [2.75, 3.05) is 12.4 Å². The molecule has 0 radical (unpaired) electrons. The zero-order chi connectivity index (χ0) is 18.2. The van der Waals surface area contributed by atoms with Gasteiger partial charge in [-0.05, 0) is 55.5 Å². The predicted octanol–water partition coefficient (Wildman–Crippen LogP) is 3.59. The molecule has 0 bridgehead atoms. The Morgan fingerprint density at radius 1 is 1.08 bits per heavy atom. The molecule has 0 saturated carbocycles. The second-order valence-electron chi connectivity index (χ2n) is 5.25. The smallest absolute Gasteiger partial charge is 0.271 e. The highest BCUT2D eigenvalue weighted by Crippen LogP contribution is 2.14. The number of benzene rings is 2. The van der Waals surface area contributed by atoms with Gasteiger partial charge in [0.1, 0.15) is 5.75 Å². The van der Waals surface area contributed by atoms with Gasteiger partial charge >= 0.3 is 0 Å². The molecule has 0 fully saturated rings. The van der Waals surface area contributed by atoms with E-state index in [1.165, 1.54) is 0 Å². The summed E-state index contributed by atoms with van der Waals surface area (Å²) < 4.78 is 5.97. The summed E-state index contributed by atoms with van der Waals surface area (Å²) >= 11 is 3.33. The number of carbonyl (C=O) groups is 2. The second kappa shape index (κ2) is 8.98. The lowest BCUT2D eigenvalue weighted by molar-refractivity contribution is -0.115. The number of hydrogen-bond donors (Lipinski definition) is 2. The molecule has 0 saturated heterocycles. The van der Waals surface area contributed by atoms with Crippen molar-refractivity contribution in [3.8, 4) is 5.75 Å². The molecule has 6 nitrogen and oxygen atoms in total. The summed E-state index contributed by atoms with van der Waals surface area (Å²) in [6, 6.07) is 13.9. The third-order valence-corrected chi connectivity index (χ3v) is 3.77. The van der Waals surface area contributed by atoms with Crippen molar-refractivity contribution in [3.05, 3.63) is 58.6 Å². The Morgan fingerprint density at radius 3 is 2.32 bits per heavy atom. The first kappa shape index (κ1) is 18.7. The maximum atomic E-state index is 12.0. The Bertz CT molecular complexity index is 771. The number of halogens is 1. The van der Waals surface area contributed by atoms with E-state index in [9.17, 15) is 9.59 Å². The number of hydrazone groups is 1. The Balaban J connectivity index is 1.86. The summed E-state index contributed by atoms with van der Waals surface area (Å²) in [7, 11) is 1.56. The van der Waals surface area contributed by atoms with Gasteiger partial charge in [0, 0.05) is 21.4 Å². The van der Waals surface area contributed by atoms with Gasteiger partial charge in [-0.1, -0.05) is 15.9 Å². The van der Waals surface area contributed by atoms with E-state index in [4.69, 9.17) is 4.74 Å². The van der Waals surface area contributed by atoms with E-state index in [1.807, 2.05) is 12.1 Å². The van der Waals surface area contributed by atoms with Gasteiger partial charge in [0.25, 0.3) is 5.91 Å². The van der Waals surface area contributed by atoms with Gasteiger partial charge in [0.2, 0.25) is 5.91 Å². The van der Waals surface area contributed by atoms with Crippen LogP contribution in [0, 0.1) is 0 Å². The Labute approximate surface area is 154 Å². The van der Waals surface area contributed by atoms with Gasteiger partial charge in [-0.3, -0.25) is 9.59 Å². The summed E-state index contributed by atoms with van der Waals surface area (Å²) in [6.45, 7) is 1.68. The average Bonchev–Trinajstić information content (AvgIpc) is 2.61. The predicted molar refractivity (Wildman–Crippen MR) is 101 cm³/mol. The topological polar surface area (TPSA) is 79.8 Å². The van der Waals surface area contributed by atoms with Crippen LogP contribution < -0.4 is 15.5 Å². The number of ether oxygens (including phenoxy) is 1. The van der Waals surface area contributed by atoms with E-state index in [2.05, 4.69) is 31.8 Å². The molecule has 25 heavy (non-hydrogen) atoms. The largest absolute Gasteiger partial charge is 0.497 e. The summed E-state index contributed by atoms with van der Waals surface area (Å²) in [6.07, 6.45) is 0.0823. The molecule has 0 aliphatic carbocycles. The lowest BCUT2D eigenvalue weighted by Gasteiger charge is -2.06. The number of rotatable bonds is 6. The number of nitrogens with one attached hydrogen (secondary N) is 2. The fraction of sp³-hybridized carbons (Fsp3) is 0.167. The van der Waals surface area contributed by atoms with Crippen LogP contribution in [0.5, 0.6) is 5.75 Å². The van der Waals surface area contributed by atoms with Crippen molar-refractivity contribution < 1.29 is 14.3 Å². The van der Waals surface area contributed by atoms with Crippen molar-refractivity contribution in [2.24, 2.45) is 5.10 Å². The molecule has 0 atom stereocenters. The lowest BCUT2D eigenvalue weighted by atomic mass is 10.2. The molecule has 2 amide bonds. The molecule has 0 aliphatic heterocycles. The van der Waals surface area contributed by atoms with Crippen LogP contribution in [0.2, 0.25) is 0 Å². The normalized spacial score (nSPS) is 10.9. The summed E-state index contributed by atoms with van der Waals surface area (Å²) in [5, 5.41) is 6.72. The van der Waals surface area contributed by atoms with Gasteiger partial charge < -0.3 is 10.1 Å². The van der Waals surface area contributed by atoms with E-state index in [-0.39, 0.29) is 18.2 Å². The number of anilines is 1. The van der Waals surface area contributed by atoms with Gasteiger partial charge in [-0.2, -0.15) is 5.10 Å². The molecule has 0 aliphatic rings. The van der Waals surface area contributed by atoms with Crippen molar-refractivity contribution in [1.82, 2.24) is 5.43 Å². The first-order chi connectivity index (χ1) is 12.0. The Morgan fingerprint density at radius 2 is 1.72 bits per heavy atom. The highest BCUT2D eigenvalue weighted by Gasteiger charge is 2.07. The number of amides is 2. The minimum Gasteiger partial charge on any atom is -0.497 e. The molecule has 0 spiro atoms. The third-order valence-electron chi connectivity index (χ3n) is 3.24. The van der Waals surface area contributed by atoms with Crippen LogP contribution in [0.25, 0.3) is 0 Å². The summed E-state index contributed by atoms with van der Waals surface area (Å²) in [5.74, 6) is 0.110. The number of nitrogens with zero attached hydrogens (tertiary/aromatic N) is 1. The van der Waals surface area contributed by atoms with E-state index in [1.54, 1.807) is 50.4 Å². The quantitative estimate of drug-likeness (QED) is 0.571. The van der Waals surface area contributed by atoms with Gasteiger partial charge in [0.05, 0.1) is 13.5 Å². The molecule has 0 aromatic heterocycles. The molecular weight excluding hydrogens is 386 g/mol. The highest BCUT2D eigenvalue weighted by molar-refractivity contribution is 9.10. The second-order valence-corrected chi connectivity index (χ2v) is 6.16. The molecular formula is C18H18BrN3O3. The first-order valence-electron chi connectivity index (χ1n) is 7.51. The molecule has 2 aromatic carbocycles. The van der Waals surface area contributed by atoms with Crippen molar-refractivity contribution in [3.63, 3.8) is 0 Å². The van der Waals surface area contributed by atoms with Crippen LogP contribution >= 0.6 is 15.9 Å². The fourth-order valence-corrected chi connectivity index (χ4v) is 2.23. The van der Waals surface area contributed by atoms with Gasteiger partial charge in [-0.15, -0.1) is 0 Å². The van der Waals surface area contributed by atoms with Crippen LogP contribution in [-0.4, -0.2) is 24.6 Å². The van der Waals surface area contributed by atoms with Gasteiger partial charge in [0.15, 0.2) is 0 Å². The standard InChI is InChI=1S/C18H18BrN3O3/c1-12(11-17(23)20-15-7-5-14(19)6-8-15)21-22-18(24)13-3-9-16(25-2)10-4-13/h3-10H,11H2,1-2H3,(H,20,23)(H,22,24).